The molecule has 0 saturated heterocycles. The lowest BCUT2D eigenvalue weighted by atomic mass is 10.1. The molecule has 8 heavy (non-hydrogen) atoms. The second-order valence-electron chi connectivity index (χ2n) is 2.44. The third-order valence-corrected chi connectivity index (χ3v) is 2.58. The van der Waals surface area contributed by atoms with Gasteiger partial charge >= 0.3 is 0 Å². The van der Waals surface area contributed by atoms with Crippen molar-refractivity contribution in [3.63, 3.8) is 0 Å². The van der Waals surface area contributed by atoms with Gasteiger partial charge in [-0.25, -0.2) is 0 Å². The highest BCUT2D eigenvalue weighted by atomic mass is 32.2. The van der Waals surface area contributed by atoms with Crippen LogP contribution >= 0.6 is 11.8 Å². The van der Waals surface area contributed by atoms with Crippen molar-refractivity contribution in [2.75, 3.05) is 12.9 Å². The molecule has 1 nitrogen and oxygen atoms in total. The molecule has 0 radical (unpaired) electrons. The molecule has 0 aliphatic rings. The molecule has 0 amide bonds. The molecule has 0 unspecified atom stereocenters. The van der Waals surface area contributed by atoms with Gasteiger partial charge in [0.05, 0.1) is 0 Å². The Morgan fingerprint density at radius 3 is 2.12 bits per heavy atom. The minimum atomic E-state index is 0.259. The minimum Gasteiger partial charge on any atom is -0.396 e. The average molecular weight is 134 g/mol. The van der Waals surface area contributed by atoms with Gasteiger partial charge < -0.3 is 5.11 Å². The maximum atomic E-state index is 8.52. The molecule has 50 valence electrons. The maximum Gasteiger partial charge on any atom is 0.0444 e. The molecular formula is C6H14OS. The number of thioether (sulfide) groups is 1. The summed E-state index contributed by atoms with van der Waals surface area (Å²) in [5.41, 5.74) is 0. The molecule has 0 aliphatic heterocycles. The van der Waals surface area contributed by atoms with Gasteiger partial charge in [-0.1, -0.05) is 13.8 Å². The first-order chi connectivity index (χ1) is 3.62. The van der Waals surface area contributed by atoms with Crippen LogP contribution in [0.15, 0.2) is 0 Å². The number of aliphatic hydroxyl groups excluding tert-OH is 1. The Morgan fingerprint density at radius 1 is 1.50 bits per heavy atom. The number of rotatable bonds is 3. The molecule has 0 fully saturated rings. The van der Waals surface area contributed by atoms with Gasteiger partial charge in [0.2, 0.25) is 0 Å². The van der Waals surface area contributed by atoms with Gasteiger partial charge in [0.1, 0.15) is 0 Å². The van der Waals surface area contributed by atoms with E-state index in [0.717, 1.165) is 6.42 Å². The first-order valence-electron chi connectivity index (χ1n) is 2.78. The fourth-order valence-electron chi connectivity index (χ4n) is 0.371. The van der Waals surface area contributed by atoms with E-state index in [0.29, 0.717) is 6.61 Å². The Morgan fingerprint density at radius 2 is 2.00 bits per heavy atom. The molecule has 0 aliphatic carbocycles. The lowest BCUT2D eigenvalue weighted by Gasteiger charge is -2.19. The van der Waals surface area contributed by atoms with Crippen LogP contribution in [-0.4, -0.2) is 22.7 Å². The average Bonchev–Trinajstić information content (AvgIpc) is 1.67. The Kier molecular flexibility index (Phi) is 3.49. The molecule has 0 aromatic heterocycles. The molecule has 0 bridgehead atoms. The third-order valence-electron chi connectivity index (χ3n) is 1.27. The number of hydrogen-bond donors (Lipinski definition) is 1. The van der Waals surface area contributed by atoms with E-state index in [-0.39, 0.29) is 4.75 Å². The zero-order chi connectivity index (χ0) is 6.62. The Labute approximate surface area is 55.5 Å². The molecule has 1 N–H and O–H groups in total. The normalized spacial score (nSPS) is 12.0. The lowest BCUT2D eigenvalue weighted by molar-refractivity contribution is 0.275. The van der Waals surface area contributed by atoms with Gasteiger partial charge in [0.15, 0.2) is 0 Å². The fraction of sp³-hybridized carbons (Fsp3) is 1.00. The third kappa shape index (κ3) is 3.33. The molecule has 2 heteroatoms. The molecule has 0 aromatic rings. The summed E-state index contributed by atoms with van der Waals surface area (Å²) in [4.78, 5) is 0. The SMILES string of the molecule is CSC(C)(C)CCO. The quantitative estimate of drug-likeness (QED) is 0.631. The monoisotopic (exact) mass is 134 g/mol. The predicted octanol–water partition coefficient (Wildman–Crippen LogP) is 1.51. The predicted molar refractivity (Wildman–Crippen MR) is 39.3 cm³/mol. The molecule has 0 rings (SSSR count). The van der Waals surface area contributed by atoms with Gasteiger partial charge in [-0.05, 0) is 12.7 Å². The summed E-state index contributed by atoms with van der Waals surface area (Å²) in [6.45, 7) is 4.57. The summed E-state index contributed by atoms with van der Waals surface area (Å²) in [7, 11) is 0. The van der Waals surface area contributed by atoms with E-state index in [9.17, 15) is 0 Å². The highest BCUT2D eigenvalue weighted by Crippen LogP contribution is 2.23. The van der Waals surface area contributed by atoms with Gasteiger partial charge in [0.25, 0.3) is 0 Å². The van der Waals surface area contributed by atoms with Gasteiger partial charge in [-0.3, -0.25) is 0 Å². The molecule has 0 saturated carbocycles. The number of hydrogen-bond acceptors (Lipinski definition) is 2. The van der Waals surface area contributed by atoms with Crippen LogP contribution in [0.4, 0.5) is 0 Å². The Balaban J connectivity index is 3.37. The molecule has 0 heterocycles. The van der Waals surface area contributed by atoms with E-state index in [1.807, 2.05) is 0 Å². The van der Waals surface area contributed by atoms with Crippen molar-refractivity contribution in [1.82, 2.24) is 0 Å². The van der Waals surface area contributed by atoms with Gasteiger partial charge in [-0.2, -0.15) is 11.8 Å². The van der Waals surface area contributed by atoms with Crippen molar-refractivity contribution in [3.8, 4) is 0 Å². The maximum absolute atomic E-state index is 8.52. The molecule has 0 atom stereocenters. The highest BCUT2D eigenvalue weighted by molar-refractivity contribution is 7.99. The van der Waals surface area contributed by atoms with Crippen LogP contribution in [0.3, 0.4) is 0 Å². The van der Waals surface area contributed by atoms with Crippen LogP contribution in [0.5, 0.6) is 0 Å². The second-order valence-corrected chi connectivity index (χ2v) is 3.95. The first-order valence-corrected chi connectivity index (χ1v) is 4.01. The van der Waals surface area contributed by atoms with Crippen LogP contribution in [0.2, 0.25) is 0 Å². The van der Waals surface area contributed by atoms with Crippen molar-refractivity contribution < 1.29 is 5.11 Å². The Hall–Kier alpha value is 0.310. The summed E-state index contributed by atoms with van der Waals surface area (Å²) in [6, 6.07) is 0. The van der Waals surface area contributed by atoms with Crippen LogP contribution in [0, 0.1) is 0 Å². The molecule has 0 spiro atoms. The van der Waals surface area contributed by atoms with E-state index in [2.05, 4.69) is 20.1 Å². The molecule has 0 aromatic carbocycles. The molecular weight excluding hydrogens is 120 g/mol. The van der Waals surface area contributed by atoms with E-state index in [1.54, 1.807) is 11.8 Å². The van der Waals surface area contributed by atoms with Crippen molar-refractivity contribution in [1.29, 1.82) is 0 Å². The summed E-state index contributed by atoms with van der Waals surface area (Å²) < 4.78 is 0.259. The minimum absolute atomic E-state index is 0.259. The van der Waals surface area contributed by atoms with E-state index >= 15 is 0 Å². The van der Waals surface area contributed by atoms with Crippen molar-refractivity contribution in [2.45, 2.75) is 25.0 Å². The Bertz CT molecular complexity index is 61.5. The van der Waals surface area contributed by atoms with Crippen molar-refractivity contribution in [3.05, 3.63) is 0 Å². The number of aliphatic hydroxyl groups is 1. The summed E-state index contributed by atoms with van der Waals surface area (Å²) in [5.74, 6) is 0. The zero-order valence-corrected chi connectivity index (χ0v) is 6.59. The van der Waals surface area contributed by atoms with Crippen molar-refractivity contribution in [2.24, 2.45) is 0 Å². The van der Waals surface area contributed by atoms with E-state index in [4.69, 9.17) is 5.11 Å². The van der Waals surface area contributed by atoms with Crippen LogP contribution in [0.1, 0.15) is 20.3 Å². The van der Waals surface area contributed by atoms with Gasteiger partial charge in [0, 0.05) is 11.4 Å². The van der Waals surface area contributed by atoms with Crippen LogP contribution in [-0.2, 0) is 0 Å². The lowest BCUT2D eigenvalue weighted by Crippen LogP contribution is -2.15. The second kappa shape index (κ2) is 3.36. The first kappa shape index (κ1) is 8.31. The van der Waals surface area contributed by atoms with E-state index in [1.165, 1.54) is 0 Å². The fourth-order valence-corrected chi connectivity index (χ4v) is 0.667. The summed E-state index contributed by atoms with van der Waals surface area (Å²) >= 11 is 1.79. The smallest absolute Gasteiger partial charge is 0.0444 e. The topological polar surface area (TPSA) is 20.2 Å². The van der Waals surface area contributed by atoms with Crippen molar-refractivity contribution >= 4 is 11.8 Å². The highest BCUT2D eigenvalue weighted by Gasteiger charge is 2.13. The standard InChI is InChI=1S/C6H14OS/c1-6(2,8-3)4-5-7/h7H,4-5H2,1-3H3. The largest absolute Gasteiger partial charge is 0.396 e. The zero-order valence-electron chi connectivity index (χ0n) is 5.77. The van der Waals surface area contributed by atoms with Crippen LogP contribution in [0.25, 0.3) is 0 Å². The summed E-state index contributed by atoms with van der Waals surface area (Å²) in [6.07, 6.45) is 2.95. The van der Waals surface area contributed by atoms with E-state index < -0.39 is 0 Å². The summed E-state index contributed by atoms with van der Waals surface area (Å²) in [5, 5.41) is 8.52. The van der Waals surface area contributed by atoms with Gasteiger partial charge in [-0.15, -0.1) is 0 Å². The van der Waals surface area contributed by atoms with Crippen LogP contribution < -0.4 is 0 Å².